The second-order valence-electron chi connectivity index (χ2n) is 9.24. The molecule has 1 aromatic heterocycles. The Morgan fingerprint density at radius 3 is 2.37 bits per heavy atom. The lowest BCUT2D eigenvalue weighted by Gasteiger charge is -2.28. The highest BCUT2D eigenvalue weighted by Gasteiger charge is 2.28. The highest BCUT2D eigenvalue weighted by molar-refractivity contribution is 7.98. The number of benzene rings is 2. The van der Waals surface area contributed by atoms with Gasteiger partial charge in [0.1, 0.15) is 0 Å². The van der Waals surface area contributed by atoms with Gasteiger partial charge >= 0.3 is 0 Å². The van der Waals surface area contributed by atoms with Crippen LogP contribution in [0.2, 0.25) is 0 Å². The van der Waals surface area contributed by atoms with Gasteiger partial charge in [-0.05, 0) is 60.9 Å². The Morgan fingerprint density at radius 2 is 1.66 bits per heavy atom. The molecule has 0 bridgehead atoms. The van der Waals surface area contributed by atoms with Crippen LogP contribution < -0.4 is 10.3 Å². The Labute approximate surface area is 209 Å². The Morgan fingerprint density at radius 1 is 0.971 bits per heavy atom. The molecule has 5 rings (SSSR count). The minimum atomic E-state index is -3.68. The lowest BCUT2D eigenvalue weighted by Crippen LogP contribution is -2.44. The first kappa shape index (κ1) is 24.2. The highest BCUT2D eigenvalue weighted by atomic mass is 32.2. The van der Waals surface area contributed by atoms with E-state index in [0.29, 0.717) is 23.8 Å². The van der Waals surface area contributed by atoms with Crippen molar-refractivity contribution >= 4 is 21.8 Å². The van der Waals surface area contributed by atoms with Crippen molar-refractivity contribution in [3.8, 4) is 11.1 Å². The third-order valence-electron chi connectivity index (χ3n) is 6.78. The van der Waals surface area contributed by atoms with Gasteiger partial charge < -0.3 is 10.1 Å². The van der Waals surface area contributed by atoms with E-state index in [1.165, 1.54) is 11.8 Å². The minimum Gasteiger partial charge on any atom is -0.391 e. The summed E-state index contributed by atoms with van der Waals surface area (Å²) in [5.74, 6) is 0.692. The molecule has 9 heteroatoms. The summed E-state index contributed by atoms with van der Waals surface area (Å²) in [5.41, 5.74) is 4.77. The third kappa shape index (κ3) is 5.53. The van der Waals surface area contributed by atoms with Crippen LogP contribution in [0.25, 0.3) is 11.1 Å². The number of hydrogen-bond donors (Lipinski definition) is 3. The molecule has 0 saturated heterocycles. The van der Waals surface area contributed by atoms with E-state index in [1.807, 2.05) is 24.3 Å². The van der Waals surface area contributed by atoms with Gasteiger partial charge in [-0.15, -0.1) is 0 Å². The number of aromatic amines is 1. The summed E-state index contributed by atoms with van der Waals surface area (Å²) in [6.45, 7) is 0. The van der Waals surface area contributed by atoms with Gasteiger partial charge in [0.25, 0.3) is 5.56 Å². The van der Waals surface area contributed by atoms with Gasteiger partial charge in [-0.2, -0.15) is 0 Å². The molecule has 1 saturated carbocycles. The topological polar surface area (TPSA) is 112 Å². The first-order valence-corrected chi connectivity index (χ1v) is 14.5. The Hall–Kier alpha value is -2.46. The fourth-order valence-corrected chi connectivity index (χ4v) is 6.91. The molecule has 2 aliphatic carbocycles. The van der Waals surface area contributed by atoms with Gasteiger partial charge in [0.15, 0.2) is 5.16 Å². The van der Waals surface area contributed by atoms with E-state index >= 15 is 0 Å². The van der Waals surface area contributed by atoms with Gasteiger partial charge in [-0.25, -0.2) is 18.1 Å². The van der Waals surface area contributed by atoms with E-state index in [-0.39, 0.29) is 10.5 Å². The SMILES string of the molecule is O=c1[nH]c(SCc2ccc(-c3ccc(S(=O)(=O)N[C@@H]4CCCC[C@H]4O)cc3)cc2)nc2c1CCC2. The molecule has 0 spiro atoms. The fourth-order valence-electron chi connectivity index (χ4n) is 4.77. The molecule has 2 aliphatic rings. The molecule has 0 unspecified atom stereocenters. The van der Waals surface area contributed by atoms with Crippen LogP contribution in [0.3, 0.4) is 0 Å². The Kier molecular flexibility index (Phi) is 7.11. The van der Waals surface area contributed by atoms with Gasteiger partial charge in [0.05, 0.1) is 16.7 Å². The number of thioether (sulfide) groups is 1. The quantitative estimate of drug-likeness (QED) is 0.329. The van der Waals surface area contributed by atoms with Gasteiger partial charge in [0.2, 0.25) is 10.0 Å². The summed E-state index contributed by atoms with van der Waals surface area (Å²) in [6, 6.07) is 14.5. The molecule has 0 radical (unpaired) electrons. The van der Waals surface area contributed by atoms with Crippen molar-refractivity contribution in [2.45, 2.75) is 72.9 Å². The van der Waals surface area contributed by atoms with Gasteiger partial charge in [0, 0.05) is 17.4 Å². The standard InChI is InChI=1S/C26H29N3O4S2/c30-24-7-2-1-5-23(24)29-35(32,33)20-14-12-19(13-15-20)18-10-8-17(9-11-18)16-34-26-27-22-6-3-4-21(22)25(31)28-26/h8-15,23-24,29-30H,1-7,16H2,(H,27,28,31)/t23-,24-/m1/s1. The molecule has 0 aliphatic heterocycles. The second-order valence-corrected chi connectivity index (χ2v) is 11.9. The predicted octanol–water partition coefficient (Wildman–Crippen LogP) is 3.80. The summed E-state index contributed by atoms with van der Waals surface area (Å²) < 4.78 is 28.2. The Bertz CT molecular complexity index is 1350. The average Bonchev–Trinajstić information content (AvgIpc) is 3.34. The lowest BCUT2D eigenvalue weighted by molar-refractivity contribution is 0.101. The molecule has 0 amide bonds. The maximum Gasteiger partial charge on any atom is 0.254 e. The van der Waals surface area contributed by atoms with Crippen LogP contribution in [0.15, 0.2) is 63.4 Å². The van der Waals surface area contributed by atoms with E-state index in [1.54, 1.807) is 24.3 Å². The maximum atomic E-state index is 12.8. The van der Waals surface area contributed by atoms with Gasteiger partial charge in [-0.3, -0.25) is 4.79 Å². The predicted molar refractivity (Wildman–Crippen MR) is 137 cm³/mol. The number of aliphatic hydroxyl groups is 1. The number of aliphatic hydroxyl groups excluding tert-OH is 1. The first-order valence-electron chi connectivity index (χ1n) is 12.0. The largest absolute Gasteiger partial charge is 0.391 e. The molecule has 3 aromatic rings. The molecule has 7 nitrogen and oxygen atoms in total. The molecule has 2 atom stereocenters. The van der Waals surface area contributed by atoms with Crippen molar-refractivity contribution in [3.05, 3.63) is 75.7 Å². The van der Waals surface area contributed by atoms with E-state index in [9.17, 15) is 18.3 Å². The van der Waals surface area contributed by atoms with Crippen molar-refractivity contribution in [2.75, 3.05) is 0 Å². The number of sulfonamides is 1. The van der Waals surface area contributed by atoms with E-state index in [2.05, 4.69) is 14.7 Å². The van der Waals surface area contributed by atoms with E-state index in [4.69, 9.17) is 0 Å². The smallest absolute Gasteiger partial charge is 0.254 e. The molecule has 184 valence electrons. The Balaban J connectivity index is 1.22. The number of aryl methyl sites for hydroxylation is 1. The van der Waals surface area contributed by atoms with Crippen molar-refractivity contribution in [3.63, 3.8) is 0 Å². The van der Waals surface area contributed by atoms with Crippen molar-refractivity contribution in [1.82, 2.24) is 14.7 Å². The van der Waals surface area contributed by atoms with Crippen LogP contribution in [0.5, 0.6) is 0 Å². The zero-order chi connectivity index (χ0) is 24.4. The normalized spacial score (nSPS) is 20.0. The molecular formula is C26H29N3O4S2. The van der Waals surface area contributed by atoms with Crippen molar-refractivity contribution in [2.24, 2.45) is 0 Å². The molecule has 35 heavy (non-hydrogen) atoms. The minimum absolute atomic E-state index is 0.0130. The zero-order valence-corrected chi connectivity index (χ0v) is 21.0. The van der Waals surface area contributed by atoms with Crippen LogP contribution in [0.1, 0.15) is 48.9 Å². The summed E-state index contributed by atoms with van der Waals surface area (Å²) in [7, 11) is -3.68. The summed E-state index contributed by atoms with van der Waals surface area (Å²) >= 11 is 1.52. The lowest BCUT2D eigenvalue weighted by atomic mass is 9.93. The van der Waals surface area contributed by atoms with Crippen molar-refractivity contribution in [1.29, 1.82) is 0 Å². The number of H-pyrrole nitrogens is 1. The maximum absolute atomic E-state index is 12.8. The number of hydrogen-bond acceptors (Lipinski definition) is 6. The van der Waals surface area contributed by atoms with Crippen molar-refractivity contribution < 1.29 is 13.5 Å². The van der Waals surface area contributed by atoms with Crippen LogP contribution in [-0.2, 0) is 28.6 Å². The van der Waals surface area contributed by atoms with E-state index < -0.39 is 22.2 Å². The number of fused-ring (bicyclic) bond motifs is 1. The number of aromatic nitrogens is 2. The average molecular weight is 512 g/mol. The van der Waals surface area contributed by atoms with Crippen LogP contribution >= 0.6 is 11.8 Å². The molecular weight excluding hydrogens is 482 g/mol. The van der Waals surface area contributed by atoms with Crippen LogP contribution in [-0.4, -0.2) is 35.6 Å². The monoisotopic (exact) mass is 511 g/mol. The molecule has 2 aromatic carbocycles. The summed E-state index contributed by atoms with van der Waals surface area (Å²) in [4.78, 5) is 19.9. The van der Waals surface area contributed by atoms with Crippen LogP contribution in [0.4, 0.5) is 0 Å². The first-order chi connectivity index (χ1) is 16.9. The number of nitrogens with zero attached hydrogens (tertiary/aromatic N) is 1. The third-order valence-corrected chi connectivity index (χ3v) is 9.23. The molecule has 1 heterocycles. The summed E-state index contributed by atoms with van der Waals surface area (Å²) in [6.07, 6.45) is 5.18. The zero-order valence-electron chi connectivity index (χ0n) is 19.4. The fraction of sp³-hybridized carbons (Fsp3) is 0.385. The molecule has 1 fully saturated rings. The van der Waals surface area contributed by atoms with E-state index in [0.717, 1.165) is 60.1 Å². The molecule has 3 N–H and O–H groups in total. The summed E-state index contributed by atoms with van der Waals surface area (Å²) in [5, 5.41) is 10.8. The highest BCUT2D eigenvalue weighted by Crippen LogP contribution is 2.26. The van der Waals surface area contributed by atoms with Crippen LogP contribution in [0, 0.1) is 0 Å². The van der Waals surface area contributed by atoms with Gasteiger partial charge in [-0.1, -0.05) is 61.0 Å². The second kappa shape index (κ2) is 10.3. The number of nitrogens with one attached hydrogen (secondary N) is 2. The number of rotatable bonds is 7.